The minimum Gasteiger partial charge on any atom is -0.481 e. The molecule has 0 radical (unpaired) electrons. The minimum absolute atomic E-state index is 0.0345. The maximum absolute atomic E-state index is 11.4. The first-order valence-corrected chi connectivity index (χ1v) is 7.42. The average Bonchev–Trinajstić information content (AvgIpc) is 2.55. The number of carboxylic acids is 1. The molecule has 0 aliphatic heterocycles. The van der Waals surface area contributed by atoms with Gasteiger partial charge in [0.25, 0.3) is 9.05 Å². The van der Waals surface area contributed by atoms with Crippen molar-refractivity contribution < 1.29 is 18.3 Å². The Kier molecular flexibility index (Phi) is 2.91. The van der Waals surface area contributed by atoms with Gasteiger partial charge in [-0.25, -0.2) is 8.42 Å². The molecule has 0 amide bonds. The highest BCUT2D eigenvalue weighted by Crippen LogP contribution is 2.41. The summed E-state index contributed by atoms with van der Waals surface area (Å²) in [7, 11) is 1.52. The second-order valence-electron chi connectivity index (χ2n) is 4.20. The molecule has 0 bridgehead atoms. The number of carboxylic acid groups (broad SMARTS) is 1. The van der Waals surface area contributed by atoms with Gasteiger partial charge in [0.2, 0.25) is 0 Å². The van der Waals surface area contributed by atoms with E-state index in [1.165, 1.54) is 6.07 Å². The minimum atomic E-state index is -3.82. The Morgan fingerprint density at radius 2 is 2.12 bits per heavy atom. The van der Waals surface area contributed by atoms with Gasteiger partial charge >= 0.3 is 5.97 Å². The standard InChI is InChI=1S/C11H11ClO4S/c1-6-7-3-2-4-10(17(12,15)16)9(7)5-8(6)11(13)14/h2-4,6,8H,5H2,1H3,(H,13,14). The number of benzene rings is 1. The van der Waals surface area contributed by atoms with E-state index in [1.807, 2.05) is 0 Å². The Labute approximate surface area is 104 Å². The van der Waals surface area contributed by atoms with Crippen LogP contribution in [0.1, 0.15) is 24.0 Å². The number of aliphatic carboxylic acids is 1. The van der Waals surface area contributed by atoms with Gasteiger partial charge in [0.1, 0.15) is 0 Å². The largest absolute Gasteiger partial charge is 0.481 e. The predicted molar refractivity (Wildman–Crippen MR) is 62.7 cm³/mol. The van der Waals surface area contributed by atoms with Gasteiger partial charge in [-0.15, -0.1) is 0 Å². The molecule has 4 nitrogen and oxygen atoms in total. The number of fused-ring (bicyclic) bond motifs is 1. The van der Waals surface area contributed by atoms with E-state index in [1.54, 1.807) is 19.1 Å². The molecule has 2 atom stereocenters. The molecule has 6 heteroatoms. The highest BCUT2D eigenvalue weighted by atomic mass is 35.7. The lowest BCUT2D eigenvalue weighted by Crippen LogP contribution is -2.16. The first kappa shape index (κ1) is 12.4. The van der Waals surface area contributed by atoms with E-state index in [0.29, 0.717) is 5.56 Å². The maximum atomic E-state index is 11.4. The fourth-order valence-corrected chi connectivity index (χ4v) is 3.54. The molecule has 1 N–H and O–H groups in total. The zero-order valence-electron chi connectivity index (χ0n) is 9.05. The van der Waals surface area contributed by atoms with E-state index in [-0.39, 0.29) is 17.2 Å². The Balaban J connectivity index is 2.59. The Morgan fingerprint density at radius 3 is 2.65 bits per heavy atom. The van der Waals surface area contributed by atoms with Crippen LogP contribution < -0.4 is 0 Å². The molecule has 0 saturated carbocycles. The highest BCUT2D eigenvalue weighted by molar-refractivity contribution is 8.13. The van der Waals surface area contributed by atoms with Gasteiger partial charge in [-0.05, 0) is 29.5 Å². The maximum Gasteiger partial charge on any atom is 0.307 e. The molecule has 92 valence electrons. The van der Waals surface area contributed by atoms with Crippen molar-refractivity contribution in [1.82, 2.24) is 0 Å². The second-order valence-corrected chi connectivity index (χ2v) is 6.73. The molecule has 0 saturated heterocycles. The smallest absolute Gasteiger partial charge is 0.307 e. The van der Waals surface area contributed by atoms with Crippen LogP contribution in [0.25, 0.3) is 0 Å². The first-order chi connectivity index (χ1) is 7.82. The van der Waals surface area contributed by atoms with Crippen molar-refractivity contribution in [2.75, 3.05) is 0 Å². The third kappa shape index (κ3) is 2.05. The summed E-state index contributed by atoms with van der Waals surface area (Å²) in [5.74, 6) is -1.68. The van der Waals surface area contributed by atoms with Gasteiger partial charge in [0, 0.05) is 10.7 Å². The van der Waals surface area contributed by atoms with Crippen molar-refractivity contribution in [3.8, 4) is 0 Å². The summed E-state index contributed by atoms with van der Waals surface area (Å²) in [5.41, 5.74) is 1.31. The van der Waals surface area contributed by atoms with Gasteiger partial charge in [-0.2, -0.15) is 0 Å². The molecule has 1 aliphatic carbocycles. The Hall–Kier alpha value is -1.07. The van der Waals surface area contributed by atoms with Crippen molar-refractivity contribution in [1.29, 1.82) is 0 Å². The van der Waals surface area contributed by atoms with Crippen molar-refractivity contribution in [2.45, 2.75) is 24.2 Å². The molecule has 0 spiro atoms. The van der Waals surface area contributed by atoms with Crippen LogP contribution in [0.2, 0.25) is 0 Å². The highest BCUT2D eigenvalue weighted by Gasteiger charge is 2.37. The molecular formula is C11H11ClO4S. The van der Waals surface area contributed by atoms with Crippen LogP contribution >= 0.6 is 10.7 Å². The lowest BCUT2D eigenvalue weighted by molar-refractivity contribution is -0.142. The molecule has 2 rings (SSSR count). The van der Waals surface area contributed by atoms with Gasteiger partial charge in [-0.3, -0.25) is 4.79 Å². The van der Waals surface area contributed by atoms with Crippen LogP contribution in [0, 0.1) is 5.92 Å². The molecule has 0 heterocycles. The summed E-state index contributed by atoms with van der Waals surface area (Å²) in [6.07, 6.45) is 0.216. The summed E-state index contributed by atoms with van der Waals surface area (Å²) >= 11 is 0. The topological polar surface area (TPSA) is 71.4 Å². The number of rotatable bonds is 2. The lowest BCUT2D eigenvalue weighted by Gasteiger charge is -2.09. The lowest BCUT2D eigenvalue weighted by atomic mass is 9.95. The molecule has 1 aromatic carbocycles. The average molecular weight is 275 g/mol. The summed E-state index contributed by atoms with van der Waals surface area (Å²) in [5, 5.41) is 9.07. The third-order valence-electron chi connectivity index (χ3n) is 3.27. The number of hydrogen-bond donors (Lipinski definition) is 1. The molecule has 0 fully saturated rings. The summed E-state index contributed by atoms with van der Waals surface area (Å²) < 4.78 is 22.8. The summed E-state index contributed by atoms with van der Waals surface area (Å²) in [6.45, 7) is 1.79. The SMILES string of the molecule is CC1c2cccc(S(=O)(=O)Cl)c2CC1C(=O)O. The van der Waals surface area contributed by atoms with Crippen LogP contribution in [0.15, 0.2) is 23.1 Å². The quantitative estimate of drug-likeness (QED) is 0.837. The van der Waals surface area contributed by atoms with E-state index < -0.39 is 20.9 Å². The van der Waals surface area contributed by atoms with Crippen molar-refractivity contribution in [2.24, 2.45) is 5.92 Å². The van der Waals surface area contributed by atoms with E-state index in [9.17, 15) is 13.2 Å². The van der Waals surface area contributed by atoms with Gasteiger partial charge in [0.15, 0.2) is 0 Å². The fraction of sp³-hybridized carbons (Fsp3) is 0.364. The van der Waals surface area contributed by atoms with Crippen molar-refractivity contribution in [3.05, 3.63) is 29.3 Å². The second kappa shape index (κ2) is 3.99. The van der Waals surface area contributed by atoms with Gasteiger partial charge in [-0.1, -0.05) is 19.1 Å². The molecule has 17 heavy (non-hydrogen) atoms. The molecular weight excluding hydrogens is 264 g/mol. The summed E-state index contributed by atoms with van der Waals surface area (Å²) in [4.78, 5) is 11.1. The fourth-order valence-electron chi connectivity index (χ4n) is 2.37. The van der Waals surface area contributed by atoms with Crippen molar-refractivity contribution in [3.63, 3.8) is 0 Å². The number of carbonyl (C=O) groups is 1. The van der Waals surface area contributed by atoms with E-state index >= 15 is 0 Å². The Bertz CT molecular complexity index is 579. The predicted octanol–water partition coefficient (Wildman–Crippen LogP) is 1.97. The molecule has 1 aliphatic rings. The van der Waals surface area contributed by atoms with Gasteiger partial charge in [0.05, 0.1) is 10.8 Å². The third-order valence-corrected chi connectivity index (χ3v) is 4.67. The van der Waals surface area contributed by atoms with Crippen LogP contribution in [0.5, 0.6) is 0 Å². The van der Waals surface area contributed by atoms with Crippen LogP contribution in [0.4, 0.5) is 0 Å². The zero-order chi connectivity index (χ0) is 12.8. The Morgan fingerprint density at radius 1 is 1.47 bits per heavy atom. The first-order valence-electron chi connectivity index (χ1n) is 5.11. The van der Waals surface area contributed by atoms with Crippen LogP contribution in [-0.4, -0.2) is 19.5 Å². The number of halogens is 1. The van der Waals surface area contributed by atoms with Crippen LogP contribution in [0.3, 0.4) is 0 Å². The monoisotopic (exact) mass is 274 g/mol. The number of hydrogen-bond acceptors (Lipinski definition) is 3. The summed E-state index contributed by atoms with van der Waals surface area (Å²) in [6, 6.07) is 4.77. The van der Waals surface area contributed by atoms with Crippen LogP contribution in [-0.2, 0) is 20.3 Å². The normalized spacial score (nSPS) is 23.4. The van der Waals surface area contributed by atoms with E-state index in [4.69, 9.17) is 15.8 Å². The molecule has 0 aromatic heterocycles. The molecule has 1 aromatic rings. The van der Waals surface area contributed by atoms with Gasteiger partial charge < -0.3 is 5.11 Å². The molecule has 2 unspecified atom stereocenters. The van der Waals surface area contributed by atoms with E-state index in [2.05, 4.69) is 0 Å². The van der Waals surface area contributed by atoms with E-state index in [0.717, 1.165) is 5.56 Å². The zero-order valence-corrected chi connectivity index (χ0v) is 10.6. The van der Waals surface area contributed by atoms with Crippen molar-refractivity contribution >= 4 is 25.7 Å².